The zero-order valence-electron chi connectivity index (χ0n) is 9.25. The third-order valence-electron chi connectivity index (χ3n) is 2.10. The van der Waals surface area contributed by atoms with Crippen LogP contribution in [0.5, 0.6) is 0 Å². The number of halogens is 1. The Morgan fingerprint density at radius 1 is 1.38 bits per heavy atom. The summed E-state index contributed by atoms with van der Waals surface area (Å²) in [6.45, 7) is 3.43. The lowest BCUT2D eigenvalue weighted by Gasteiger charge is -2.04. The van der Waals surface area contributed by atoms with Crippen molar-refractivity contribution in [3.63, 3.8) is 0 Å². The zero-order chi connectivity index (χ0) is 12.1. The number of carbonyl (C=O) groups excluding carboxylic acids is 2. The first-order chi connectivity index (χ1) is 7.56. The Morgan fingerprint density at radius 2 is 2.06 bits per heavy atom. The number of ether oxygens (including phenoxy) is 1. The summed E-state index contributed by atoms with van der Waals surface area (Å²) in [6.07, 6.45) is -0.422. The van der Waals surface area contributed by atoms with Crippen LogP contribution in [0.25, 0.3) is 0 Å². The smallest absolute Gasteiger partial charge is 0.313 e. The van der Waals surface area contributed by atoms with Crippen LogP contribution in [0.2, 0.25) is 0 Å². The molecule has 0 saturated heterocycles. The van der Waals surface area contributed by atoms with E-state index < -0.39 is 24.0 Å². The Labute approximate surface area is 93.2 Å². The van der Waals surface area contributed by atoms with Gasteiger partial charge in [0, 0.05) is 0 Å². The molecule has 0 unspecified atom stereocenters. The van der Waals surface area contributed by atoms with Gasteiger partial charge in [0.2, 0.25) is 0 Å². The summed E-state index contributed by atoms with van der Waals surface area (Å²) in [5.74, 6) is -1.76. The van der Waals surface area contributed by atoms with E-state index in [0.717, 1.165) is 0 Å². The fourth-order valence-electron chi connectivity index (χ4n) is 1.30. The van der Waals surface area contributed by atoms with Gasteiger partial charge in [-0.15, -0.1) is 0 Å². The number of Topliss-reactive ketones (excluding diaryl/α,β-unsaturated/α-hetero) is 1. The fraction of sp³-hybridized carbons (Fsp3) is 0.333. The molecule has 0 bridgehead atoms. The Hall–Kier alpha value is -1.71. The third-order valence-corrected chi connectivity index (χ3v) is 2.10. The van der Waals surface area contributed by atoms with Gasteiger partial charge in [-0.05, 0) is 25.5 Å². The van der Waals surface area contributed by atoms with E-state index in [1.807, 2.05) is 0 Å². The third kappa shape index (κ3) is 2.89. The maximum Gasteiger partial charge on any atom is 0.313 e. The van der Waals surface area contributed by atoms with Crippen LogP contribution < -0.4 is 0 Å². The molecule has 0 heterocycles. The molecule has 1 rings (SSSR count). The van der Waals surface area contributed by atoms with Crippen molar-refractivity contribution in [1.29, 1.82) is 0 Å². The van der Waals surface area contributed by atoms with Crippen LogP contribution in [0.15, 0.2) is 18.2 Å². The van der Waals surface area contributed by atoms with Crippen LogP contribution in [0.4, 0.5) is 4.39 Å². The topological polar surface area (TPSA) is 43.4 Å². The highest BCUT2D eigenvalue weighted by Crippen LogP contribution is 2.14. The fourth-order valence-corrected chi connectivity index (χ4v) is 1.30. The molecule has 16 heavy (non-hydrogen) atoms. The highest BCUT2D eigenvalue weighted by molar-refractivity contribution is 6.06. The molecule has 1 aromatic rings. The van der Waals surface area contributed by atoms with Gasteiger partial charge >= 0.3 is 5.97 Å². The minimum Gasteiger partial charge on any atom is -0.466 e. The van der Waals surface area contributed by atoms with E-state index in [2.05, 4.69) is 4.74 Å². The van der Waals surface area contributed by atoms with E-state index in [4.69, 9.17) is 0 Å². The first-order valence-corrected chi connectivity index (χ1v) is 5.00. The Bertz CT molecular complexity index is 413. The van der Waals surface area contributed by atoms with E-state index in [1.54, 1.807) is 26.0 Å². The van der Waals surface area contributed by atoms with E-state index >= 15 is 0 Å². The molecular formula is C12H13FO3. The molecule has 0 fully saturated rings. The largest absolute Gasteiger partial charge is 0.466 e. The summed E-state index contributed by atoms with van der Waals surface area (Å²) in [5, 5.41) is 0. The first-order valence-electron chi connectivity index (χ1n) is 5.00. The molecule has 0 spiro atoms. The van der Waals surface area contributed by atoms with Gasteiger partial charge in [0.05, 0.1) is 12.2 Å². The standard InChI is InChI=1S/C12H13FO3/c1-3-16-11(15)7-10(14)9-6-4-5-8(2)12(9)13/h4-6H,3,7H2,1-2H3. The molecule has 86 valence electrons. The van der Waals surface area contributed by atoms with Gasteiger partial charge < -0.3 is 4.74 Å². The van der Waals surface area contributed by atoms with Crippen molar-refractivity contribution >= 4 is 11.8 Å². The Morgan fingerprint density at radius 3 is 2.69 bits per heavy atom. The first kappa shape index (κ1) is 12.4. The van der Waals surface area contributed by atoms with Gasteiger partial charge in [0.1, 0.15) is 12.2 Å². The molecule has 4 heteroatoms. The summed E-state index contributed by atoms with van der Waals surface area (Å²) < 4.78 is 18.1. The lowest BCUT2D eigenvalue weighted by Crippen LogP contribution is -2.13. The molecule has 0 atom stereocenters. The van der Waals surface area contributed by atoms with E-state index in [-0.39, 0.29) is 12.2 Å². The quantitative estimate of drug-likeness (QED) is 0.447. The summed E-state index contributed by atoms with van der Waals surface area (Å²) >= 11 is 0. The van der Waals surface area contributed by atoms with Crippen molar-refractivity contribution in [2.24, 2.45) is 0 Å². The molecule has 0 aliphatic rings. The van der Waals surface area contributed by atoms with Gasteiger partial charge in [0.15, 0.2) is 5.78 Å². The number of hydrogen-bond donors (Lipinski definition) is 0. The van der Waals surface area contributed by atoms with Crippen molar-refractivity contribution < 1.29 is 18.7 Å². The second-order valence-corrected chi connectivity index (χ2v) is 3.34. The second kappa shape index (κ2) is 5.39. The van der Waals surface area contributed by atoms with Crippen LogP contribution in [0, 0.1) is 12.7 Å². The normalized spacial score (nSPS) is 9.94. The maximum absolute atomic E-state index is 13.5. The summed E-state index contributed by atoms with van der Waals surface area (Å²) in [6, 6.07) is 4.51. The molecule has 0 aliphatic carbocycles. The lowest BCUT2D eigenvalue weighted by atomic mass is 10.0. The minimum absolute atomic E-state index is 0.0620. The second-order valence-electron chi connectivity index (χ2n) is 3.34. The Balaban J connectivity index is 2.81. The lowest BCUT2D eigenvalue weighted by molar-refractivity contribution is -0.141. The summed E-state index contributed by atoms with van der Waals surface area (Å²) in [4.78, 5) is 22.6. The highest BCUT2D eigenvalue weighted by Gasteiger charge is 2.17. The summed E-state index contributed by atoms with van der Waals surface area (Å²) in [7, 11) is 0. The van der Waals surface area contributed by atoms with Crippen molar-refractivity contribution in [1.82, 2.24) is 0 Å². The van der Waals surface area contributed by atoms with Gasteiger partial charge in [-0.2, -0.15) is 0 Å². The minimum atomic E-state index is -0.631. The van der Waals surface area contributed by atoms with Crippen molar-refractivity contribution in [2.75, 3.05) is 6.61 Å². The van der Waals surface area contributed by atoms with E-state index in [9.17, 15) is 14.0 Å². The number of hydrogen-bond acceptors (Lipinski definition) is 3. The highest BCUT2D eigenvalue weighted by atomic mass is 19.1. The summed E-state index contributed by atoms with van der Waals surface area (Å²) in [5.41, 5.74) is 0.322. The predicted molar refractivity (Wildman–Crippen MR) is 56.7 cm³/mol. The van der Waals surface area contributed by atoms with Crippen LogP contribution in [-0.2, 0) is 9.53 Å². The molecule has 0 radical (unpaired) electrons. The number of ketones is 1. The number of aryl methyl sites for hydroxylation is 1. The monoisotopic (exact) mass is 224 g/mol. The predicted octanol–water partition coefficient (Wildman–Crippen LogP) is 2.27. The number of carbonyl (C=O) groups is 2. The molecule has 0 amide bonds. The molecule has 0 saturated carbocycles. The van der Waals surface area contributed by atoms with Crippen LogP contribution in [0.1, 0.15) is 29.3 Å². The van der Waals surface area contributed by atoms with Crippen molar-refractivity contribution in [3.8, 4) is 0 Å². The Kier molecular flexibility index (Phi) is 4.17. The van der Waals surface area contributed by atoms with E-state index in [0.29, 0.717) is 5.56 Å². The van der Waals surface area contributed by atoms with Crippen LogP contribution in [-0.4, -0.2) is 18.4 Å². The molecule has 0 N–H and O–H groups in total. The number of rotatable bonds is 4. The zero-order valence-corrected chi connectivity index (χ0v) is 9.25. The maximum atomic E-state index is 13.5. The van der Waals surface area contributed by atoms with Gasteiger partial charge in [-0.1, -0.05) is 12.1 Å². The molecule has 0 aromatic heterocycles. The molecule has 0 aliphatic heterocycles. The van der Waals surface area contributed by atoms with Crippen LogP contribution >= 0.6 is 0 Å². The number of benzene rings is 1. The average Bonchev–Trinajstić information content (AvgIpc) is 2.22. The molecular weight excluding hydrogens is 211 g/mol. The van der Waals surface area contributed by atoms with Crippen molar-refractivity contribution in [2.45, 2.75) is 20.3 Å². The van der Waals surface area contributed by atoms with E-state index in [1.165, 1.54) is 6.07 Å². The average molecular weight is 224 g/mol. The van der Waals surface area contributed by atoms with Gasteiger partial charge in [-0.25, -0.2) is 4.39 Å². The van der Waals surface area contributed by atoms with Crippen LogP contribution in [0.3, 0.4) is 0 Å². The van der Waals surface area contributed by atoms with Gasteiger partial charge in [0.25, 0.3) is 0 Å². The SMILES string of the molecule is CCOC(=O)CC(=O)c1cccc(C)c1F. The molecule has 1 aromatic carbocycles. The van der Waals surface area contributed by atoms with Gasteiger partial charge in [-0.3, -0.25) is 9.59 Å². The molecule has 3 nitrogen and oxygen atoms in total. The van der Waals surface area contributed by atoms with Crippen molar-refractivity contribution in [3.05, 3.63) is 35.1 Å². The number of esters is 1.